The molecule has 0 aliphatic carbocycles. The maximum absolute atomic E-state index is 5.23. The molecule has 0 aliphatic rings. The van der Waals surface area contributed by atoms with Crippen LogP contribution in [0.15, 0.2) is 22.9 Å². The normalized spacial score (nSPS) is 10.3. The monoisotopic (exact) mass is 298 g/mol. The fourth-order valence-corrected chi connectivity index (χ4v) is 1.71. The Kier molecular flexibility index (Phi) is 3.58. The first-order valence-electron chi connectivity index (χ1n) is 4.87. The van der Waals surface area contributed by atoms with E-state index < -0.39 is 0 Å². The molecular formula is C10H11BrN4O2. The highest BCUT2D eigenvalue weighted by Crippen LogP contribution is 2.27. The average Bonchev–Trinajstić information content (AvgIpc) is 2.75. The molecule has 1 aromatic heterocycles. The highest BCUT2D eigenvalue weighted by Gasteiger charge is 2.07. The van der Waals surface area contributed by atoms with Gasteiger partial charge in [-0.05, 0) is 44.1 Å². The van der Waals surface area contributed by atoms with Gasteiger partial charge in [0.1, 0.15) is 0 Å². The second-order valence-electron chi connectivity index (χ2n) is 3.29. The van der Waals surface area contributed by atoms with Gasteiger partial charge in [0.15, 0.2) is 11.5 Å². The number of hydrogen-bond acceptors (Lipinski definition) is 5. The molecule has 2 aromatic rings. The van der Waals surface area contributed by atoms with Crippen LogP contribution in [0.2, 0.25) is 0 Å². The fraction of sp³-hybridized carbons (Fsp3) is 0.300. The maximum Gasteiger partial charge on any atom is 0.218 e. The third-order valence-electron chi connectivity index (χ3n) is 2.27. The van der Waals surface area contributed by atoms with Crippen LogP contribution in [0.3, 0.4) is 0 Å². The summed E-state index contributed by atoms with van der Waals surface area (Å²) in [5, 5.41) is 11.2. The van der Waals surface area contributed by atoms with Gasteiger partial charge < -0.3 is 9.47 Å². The summed E-state index contributed by atoms with van der Waals surface area (Å²) in [5.74, 6) is 1.39. The maximum atomic E-state index is 5.23. The van der Waals surface area contributed by atoms with Crippen molar-refractivity contribution in [2.45, 2.75) is 6.54 Å². The van der Waals surface area contributed by atoms with E-state index >= 15 is 0 Å². The van der Waals surface area contributed by atoms with Gasteiger partial charge in [-0.2, -0.15) is 0 Å². The number of tetrazole rings is 1. The van der Waals surface area contributed by atoms with Gasteiger partial charge in [-0.3, -0.25) is 0 Å². The van der Waals surface area contributed by atoms with E-state index in [1.165, 1.54) is 0 Å². The zero-order valence-electron chi connectivity index (χ0n) is 9.42. The third-order valence-corrected chi connectivity index (χ3v) is 2.84. The predicted octanol–water partition coefficient (Wildman–Crippen LogP) is 1.50. The number of benzene rings is 1. The molecule has 7 heteroatoms. The summed E-state index contributed by atoms with van der Waals surface area (Å²) in [7, 11) is 3.21. The number of halogens is 1. The zero-order valence-corrected chi connectivity index (χ0v) is 11.0. The van der Waals surface area contributed by atoms with E-state index in [4.69, 9.17) is 9.47 Å². The molecule has 0 aliphatic heterocycles. The van der Waals surface area contributed by atoms with Crippen molar-refractivity contribution in [3.8, 4) is 11.5 Å². The molecule has 6 nitrogen and oxygen atoms in total. The van der Waals surface area contributed by atoms with Gasteiger partial charge in [-0.25, -0.2) is 4.68 Å². The molecule has 0 fully saturated rings. The Bertz CT molecular complexity index is 515. The number of ether oxygens (including phenoxy) is 2. The molecule has 0 amide bonds. The number of nitrogens with zero attached hydrogens (tertiary/aromatic N) is 4. The molecule has 1 heterocycles. The molecule has 1 aromatic carbocycles. The van der Waals surface area contributed by atoms with Gasteiger partial charge in [0.25, 0.3) is 0 Å². The first kappa shape index (κ1) is 11.8. The smallest absolute Gasteiger partial charge is 0.218 e. The minimum absolute atomic E-state index is 0.563. The van der Waals surface area contributed by atoms with Crippen LogP contribution in [0.25, 0.3) is 0 Å². The lowest BCUT2D eigenvalue weighted by Gasteiger charge is -2.09. The Balaban J connectivity index is 2.25. The second kappa shape index (κ2) is 5.13. The number of methoxy groups -OCH3 is 2. The molecule has 0 spiro atoms. The van der Waals surface area contributed by atoms with E-state index in [9.17, 15) is 0 Å². The van der Waals surface area contributed by atoms with Gasteiger partial charge in [-0.1, -0.05) is 6.07 Å². The first-order valence-corrected chi connectivity index (χ1v) is 5.66. The molecular weight excluding hydrogens is 288 g/mol. The molecule has 2 rings (SSSR count). The quantitative estimate of drug-likeness (QED) is 0.856. The van der Waals surface area contributed by atoms with Gasteiger partial charge in [0, 0.05) is 0 Å². The summed E-state index contributed by atoms with van der Waals surface area (Å²) in [6.07, 6.45) is 0. The number of rotatable bonds is 4. The summed E-state index contributed by atoms with van der Waals surface area (Å²) in [5.41, 5.74) is 1.02. The zero-order chi connectivity index (χ0) is 12.3. The van der Waals surface area contributed by atoms with Crippen LogP contribution in [-0.4, -0.2) is 34.4 Å². The molecule has 0 atom stereocenters. The van der Waals surface area contributed by atoms with E-state index in [0.29, 0.717) is 22.8 Å². The van der Waals surface area contributed by atoms with E-state index in [1.54, 1.807) is 18.9 Å². The molecule has 17 heavy (non-hydrogen) atoms. The lowest BCUT2D eigenvalue weighted by atomic mass is 10.2. The number of hydrogen-bond donors (Lipinski definition) is 0. The standard InChI is InChI=1S/C10H11BrN4O2/c1-16-8-4-3-7(5-9(8)17-2)6-15-10(11)12-13-14-15/h3-5H,6H2,1-2H3. The highest BCUT2D eigenvalue weighted by atomic mass is 79.9. The molecule has 0 saturated carbocycles. The van der Waals surface area contributed by atoms with Crippen LogP contribution < -0.4 is 9.47 Å². The van der Waals surface area contributed by atoms with Gasteiger partial charge in [0.05, 0.1) is 20.8 Å². The van der Waals surface area contributed by atoms with Crippen molar-refractivity contribution in [2.75, 3.05) is 14.2 Å². The average molecular weight is 299 g/mol. The van der Waals surface area contributed by atoms with Crippen molar-refractivity contribution >= 4 is 15.9 Å². The van der Waals surface area contributed by atoms with Crippen molar-refractivity contribution in [3.63, 3.8) is 0 Å². The first-order chi connectivity index (χ1) is 8.24. The summed E-state index contributed by atoms with van der Waals surface area (Å²) >= 11 is 3.26. The molecule has 0 N–H and O–H groups in total. The fourth-order valence-electron chi connectivity index (χ4n) is 1.44. The molecule has 0 saturated heterocycles. The Morgan fingerprint density at radius 1 is 1.24 bits per heavy atom. The highest BCUT2D eigenvalue weighted by molar-refractivity contribution is 9.10. The van der Waals surface area contributed by atoms with Crippen LogP contribution >= 0.6 is 15.9 Å². The van der Waals surface area contributed by atoms with Crippen molar-refractivity contribution in [1.82, 2.24) is 20.2 Å². The Morgan fingerprint density at radius 3 is 2.59 bits per heavy atom. The van der Waals surface area contributed by atoms with Gasteiger partial charge in [-0.15, -0.1) is 5.10 Å². The summed E-state index contributed by atoms with van der Waals surface area (Å²) in [6.45, 7) is 0.563. The molecule has 0 unspecified atom stereocenters. The van der Waals surface area contributed by atoms with Crippen LogP contribution in [0.5, 0.6) is 11.5 Å². The topological polar surface area (TPSA) is 62.1 Å². The summed E-state index contributed by atoms with van der Waals surface area (Å²) in [4.78, 5) is 0. The van der Waals surface area contributed by atoms with E-state index in [2.05, 4.69) is 31.5 Å². The second-order valence-corrected chi connectivity index (χ2v) is 4.00. The van der Waals surface area contributed by atoms with E-state index in [1.807, 2.05) is 18.2 Å². The largest absolute Gasteiger partial charge is 0.493 e. The predicted molar refractivity (Wildman–Crippen MR) is 64.2 cm³/mol. The Labute approximate surface area is 107 Å². The van der Waals surface area contributed by atoms with Crippen LogP contribution in [0, 0.1) is 0 Å². The van der Waals surface area contributed by atoms with Crippen molar-refractivity contribution in [3.05, 3.63) is 28.5 Å². The van der Waals surface area contributed by atoms with Gasteiger partial charge >= 0.3 is 0 Å². The van der Waals surface area contributed by atoms with Gasteiger partial charge in [0.2, 0.25) is 4.73 Å². The minimum atomic E-state index is 0.563. The van der Waals surface area contributed by atoms with Crippen molar-refractivity contribution in [2.24, 2.45) is 0 Å². The van der Waals surface area contributed by atoms with Crippen LogP contribution in [-0.2, 0) is 6.54 Å². The van der Waals surface area contributed by atoms with Crippen molar-refractivity contribution in [1.29, 1.82) is 0 Å². The Hall–Kier alpha value is -1.63. The SMILES string of the molecule is COc1ccc(Cn2nnnc2Br)cc1OC. The summed E-state index contributed by atoms with van der Waals surface area (Å²) < 4.78 is 12.6. The lowest BCUT2D eigenvalue weighted by molar-refractivity contribution is 0.354. The van der Waals surface area contributed by atoms with Crippen molar-refractivity contribution < 1.29 is 9.47 Å². The third kappa shape index (κ3) is 2.55. The number of aromatic nitrogens is 4. The summed E-state index contributed by atoms with van der Waals surface area (Å²) in [6, 6.07) is 5.69. The minimum Gasteiger partial charge on any atom is -0.493 e. The molecule has 90 valence electrons. The molecule has 0 radical (unpaired) electrons. The van der Waals surface area contributed by atoms with Crippen LogP contribution in [0.4, 0.5) is 0 Å². The van der Waals surface area contributed by atoms with Crippen LogP contribution in [0.1, 0.15) is 5.56 Å². The molecule has 0 bridgehead atoms. The van der Waals surface area contributed by atoms with E-state index in [-0.39, 0.29) is 0 Å². The lowest BCUT2D eigenvalue weighted by Crippen LogP contribution is -2.03. The van der Waals surface area contributed by atoms with E-state index in [0.717, 1.165) is 5.56 Å². The Morgan fingerprint density at radius 2 is 2.00 bits per heavy atom.